The highest BCUT2D eigenvalue weighted by Crippen LogP contribution is 2.30. The zero-order valence-corrected chi connectivity index (χ0v) is 41.4. The fourth-order valence-corrected chi connectivity index (χ4v) is 8.05. The maximum absolute atomic E-state index is 14.4. The highest BCUT2D eigenvalue weighted by Gasteiger charge is 2.47. The monoisotopic (exact) mass is 1280 g/mol. The average Bonchev–Trinajstić information content (AvgIpc) is 1.13. The number of rotatable bonds is 8. The minimum absolute atomic E-state index is 0.997. The average molecular weight is 1280 g/mol. The molecule has 3 nitrogen and oxygen atoms in total. The van der Waals surface area contributed by atoms with Crippen LogP contribution in [0.15, 0.2) is 67.0 Å². The topological polar surface area (TPSA) is 54.7 Å². The fourth-order valence-electron chi connectivity index (χ4n) is 8.05. The van der Waals surface area contributed by atoms with Crippen molar-refractivity contribution in [3.8, 4) is 22.5 Å². The summed E-state index contributed by atoms with van der Waals surface area (Å²) in [5.74, 6) is -90.4. The summed E-state index contributed by atoms with van der Waals surface area (Å²) < 4.78 is 417. The number of nitrogens with one attached hydrogen (secondary N) is 1. The molecular formula is C52H17B2F30N3. The summed E-state index contributed by atoms with van der Waals surface area (Å²) in [7, 11) is 1.50. The summed E-state index contributed by atoms with van der Waals surface area (Å²) in [6.07, 6.45) is 1.74. The van der Waals surface area contributed by atoms with Crippen molar-refractivity contribution >= 4 is 46.2 Å². The summed E-state index contributed by atoms with van der Waals surface area (Å²) in [4.78, 5) is 7.62. The second-order valence-corrected chi connectivity index (χ2v) is 16.6. The molecule has 0 saturated heterocycles. The van der Waals surface area contributed by atoms with E-state index in [1.54, 1.807) is 6.33 Å². The van der Waals surface area contributed by atoms with Gasteiger partial charge in [0.25, 0.3) is 13.4 Å². The van der Waals surface area contributed by atoms with E-state index in [1.165, 1.54) is 7.05 Å². The lowest BCUT2D eigenvalue weighted by Gasteiger charge is -2.21. The minimum Gasteiger partial charge on any atom is -0.344 e. The van der Waals surface area contributed by atoms with Gasteiger partial charge < -0.3 is 10.7 Å². The standard InChI is InChI=1S/2C18BF15.C15H12N2.CH5N/c2*20-4-1(5(21)11(27)16(32)10(4)26)19(2-6(22)12(28)17(33)13(29)7(2)23)3-8(24)14(30)18(34)15(31)9(3)25;1-3-7-12(8-4-1)14-15(17-11-16-14)13-9-5-2-6-10-13;1-2/h;;1-11H,(H,16,17);2H2,1H3. The first-order valence-corrected chi connectivity index (χ1v) is 22.6. The Morgan fingerprint density at radius 3 is 0.586 bits per heavy atom. The lowest BCUT2D eigenvalue weighted by atomic mass is 9.36. The smallest absolute Gasteiger partial charge is 0.265 e. The largest absolute Gasteiger partial charge is 0.344 e. The van der Waals surface area contributed by atoms with Gasteiger partial charge in [0.15, 0.2) is 175 Å². The van der Waals surface area contributed by atoms with Crippen LogP contribution >= 0.6 is 0 Å². The van der Waals surface area contributed by atoms with Crippen LogP contribution in [0, 0.1) is 175 Å². The molecule has 35 heteroatoms. The van der Waals surface area contributed by atoms with Crippen molar-refractivity contribution in [3.05, 3.63) is 242 Å². The number of benzene rings is 8. The molecule has 456 valence electrons. The number of aromatic amines is 1. The van der Waals surface area contributed by atoms with Crippen molar-refractivity contribution in [1.82, 2.24) is 9.97 Å². The van der Waals surface area contributed by atoms with E-state index in [0.29, 0.717) is 0 Å². The van der Waals surface area contributed by atoms with Crippen LogP contribution in [0.2, 0.25) is 0 Å². The predicted molar refractivity (Wildman–Crippen MR) is 246 cm³/mol. The van der Waals surface area contributed by atoms with E-state index in [9.17, 15) is 132 Å². The highest BCUT2D eigenvalue weighted by atomic mass is 19.2. The number of aromatic nitrogens is 2. The third-order valence-electron chi connectivity index (χ3n) is 11.9. The number of nitrogens with zero attached hydrogens (tertiary/aromatic N) is 1. The first-order chi connectivity index (χ1) is 40.8. The number of H-pyrrole nitrogens is 1. The maximum Gasteiger partial charge on any atom is 0.265 e. The van der Waals surface area contributed by atoms with E-state index in [-0.39, 0.29) is 0 Å². The van der Waals surface area contributed by atoms with Crippen molar-refractivity contribution < 1.29 is 132 Å². The third-order valence-corrected chi connectivity index (χ3v) is 11.9. The van der Waals surface area contributed by atoms with Crippen LogP contribution < -0.4 is 38.5 Å². The Morgan fingerprint density at radius 1 is 0.241 bits per heavy atom. The van der Waals surface area contributed by atoms with Crippen LogP contribution in [0.25, 0.3) is 22.5 Å². The van der Waals surface area contributed by atoms with E-state index in [0.717, 1.165) is 22.5 Å². The Balaban J connectivity index is 0.000000216. The Morgan fingerprint density at radius 2 is 0.402 bits per heavy atom. The second kappa shape index (κ2) is 26.3. The van der Waals surface area contributed by atoms with E-state index < -0.39 is 221 Å². The molecule has 0 amide bonds. The van der Waals surface area contributed by atoms with Crippen LogP contribution in [0.5, 0.6) is 0 Å². The zero-order valence-electron chi connectivity index (χ0n) is 41.4. The Labute approximate surface area is 464 Å². The fraction of sp³-hybridized carbons (Fsp3) is 0.0192. The van der Waals surface area contributed by atoms with Gasteiger partial charge in [-0.2, -0.15) is 0 Å². The number of hydrogen-bond acceptors (Lipinski definition) is 2. The zero-order chi connectivity index (χ0) is 65.4. The molecule has 8 aromatic carbocycles. The molecule has 0 saturated carbocycles. The van der Waals surface area contributed by atoms with Crippen molar-refractivity contribution in [2.24, 2.45) is 5.73 Å². The van der Waals surface area contributed by atoms with Gasteiger partial charge in [0.1, 0.15) is 0 Å². The summed E-state index contributed by atoms with van der Waals surface area (Å²) >= 11 is 0. The minimum atomic E-state index is -3.96. The predicted octanol–water partition coefficient (Wildman–Crippen LogP) is 11.9. The van der Waals surface area contributed by atoms with Gasteiger partial charge in [0.05, 0.1) is 17.7 Å². The first-order valence-electron chi connectivity index (χ1n) is 22.6. The highest BCUT2D eigenvalue weighted by molar-refractivity contribution is 6.96. The van der Waals surface area contributed by atoms with E-state index in [4.69, 9.17) is 0 Å². The number of halogens is 30. The summed E-state index contributed by atoms with van der Waals surface area (Å²) in [6, 6.07) is 20.5. The van der Waals surface area contributed by atoms with Gasteiger partial charge in [-0.15, -0.1) is 0 Å². The molecule has 1 aromatic heterocycles. The Kier molecular flexibility index (Phi) is 20.3. The molecular weight excluding hydrogens is 1260 g/mol. The van der Waals surface area contributed by atoms with E-state index >= 15 is 0 Å². The van der Waals surface area contributed by atoms with Gasteiger partial charge in [-0.3, -0.25) is 0 Å². The summed E-state index contributed by atoms with van der Waals surface area (Å²) in [5, 5.41) is 0. The van der Waals surface area contributed by atoms with Crippen molar-refractivity contribution in [2.45, 2.75) is 0 Å². The van der Waals surface area contributed by atoms with Crippen molar-refractivity contribution in [3.63, 3.8) is 0 Å². The number of imidazole rings is 1. The van der Waals surface area contributed by atoms with Crippen molar-refractivity contribution in [2.75, 3.05) is 7.05 Å². The molecule has 0 fully saturated rings. The molecule has 0 aliphatic carbocycles. The molecule has 87 heavy (non-hydrogen) atoms. The van der Waals surface area contributed by atoms with Crippen molar-refractivity contribution in [1.29, 1.82) is 0 Å². The molecule has 0 unspecified atom stereocenters. The third kappa shape index (κ3) is 11.6. The van der Waals surface area contributed by atoms with Crippen LogP contribution in [0.3, 0.4) is 0 Å². The lowest BCUT2D eigenvalue weighted by molar-refractivity contribution is 0.380. The maximum atomic E-state index is 14.4. The van der Waals surface area contributed by atoms with Gasteiger partial charge in [0, 0.05) is 43.9 Å². The molecule has 0 radical (unpaired) electrons. The van der Waals surface area contributed by atoms with Crippen LogP contribution in [0.1, 0.15) is 0 Å². The van der Waals surface area contributed by atoms with Crippen LogP contribution in [-0.4, -0.2) is 30.4 Å². The molecule has 0 bridgehead atoms. The normalized spacial score (nSPS) is 11.0. The van der Waals surface area contributed by atoms with Gasteiger partial charge in [-0.05, 0) is 7.05 Å². The molecule has 3 N–H and O–H groups in total. The summed E-state index contributed by atoms with van der Waals surface area (Å²) in [5.41, 5.74) is -7.22. The SMILES string of the molecule is CN.Fc1c(F)c(F)c(B(c2c(F)c(F)c(F)c(F)c2F)c2c(F)c(F)c(F)c(F)c2F)c(F)c1F.Fc1c(F)c(F)c(B(c2c(F)c(F)c(F)c(F)c2F)c2c(F)c(F)c(F)c(F)c2F)c(F)c1F.c1ccc(-c2nc[nH]c2-c2ccccc2)cc1. The first kappa shape index (κ1) is 67.1. The van der Waals surface area contributed by atoms with Gasteiger partial charge in [0.2, 0.25) is 0 Å². The second-order valence-electron chi connectivity index (χ2n) is 16.6. The lowest BCUT2D eigenvalue weighted by Crippen LogP contribution is -2.60. The number of nitrogens with two attached hydrogens (primary N) is 1. The summed E-state index contributed by atoms with van der Waals surface area (Å²) in [6.45, 7) is -7.92. The van der Waals surface area contributed by atoms with E-state index in [2.05, 4.69) is 40.0 Å². The van der Waals surface area contributed by atoms with Gasteiger partial charge in [-0.25, -0.2) is 137 Å². The Hall–Kier alpha value is -9.04. The molecule has 0 atom stereocenters. The van der Waals surface area contributed by atoms with Crippen LogP contribution in [0.4, 0.5) is 132 Å². The molecule has 0 spiro atoms. The Bertz CT molecular complexity index is 3400. The molecule has 0 aliphatic rings. The van der Waals surface area contributed by atoms with Crippen LogP contribution in [-0.2, 0) is 0 Å². The molecule has 0 aliphatic heterocycles. The molecule has 9 aromatic rings. The van der Waals surface area contributed by atoms with Gasteiger partial charge in [-0.1, -0.05) is 60.7 Å². The van der Waals surface area contributed by atoms with Gasteiger partial charge >= 0.3 is 0 Å². The van der Waals surface area contributed by atoms with E-state index in [1.807, 2.05) is 36.4 Å². The quantitative estimate of drug-likeness (QED) is 0.0689. The number of hydrogen-bond donors (Lipinski definition) is 2. The molecule has 9 rings (SSSR count). The molecule has 1 heterocycles.